The molecule has 6 rings (SSSR count). The molecule has 0 atom stereocenters. The second kappa shape index (κ2) is 8.91. The van der Waals surface area contributed by atoms with Crippen LogP contribution in [0.3, 0.4) is 0 Å². The minimum Gasteiger partial charge on any atom is -0.473 e. The zero-order chi connectivity index (χ0) is 22.0. The van der Waals surface area contributed by atoms with Gasteiger partial charge in [-0.1, -0.05) is 42.1 Å². The highest BCUT2D eigenvalue weighted by Crippen LogP contribution is 2.37. The van der Waals surface area contributed by atoms with Gasteiger partial charge in [0.2, 0.25) is 0 Å². The normalized spacial score (nSPS) is 16.9. The molecule has 0 aromatic heterocycles. The van der Waals surface area contributed by atoms with Crippen molar-refractivity contribution in [3.63, 3.8) is 0 Å². The van der Waals surface area contributed by atoms with E-state index in [1.165, 1.54) is 32.3 Å². The predicted octanol–water partition coefficient (Wildman–Crippen LogP) is 6.58. The molecule has 3 aromatic carbocycles. The Morgan fingerprint density at radius 2 is 1.36 bits per heavy atom. The summed E-state index contributed by atoms with van der Waals surface area (Å²) < 4.78 is 12.1. The summed E-state index contributed by atoms with van der Waals surface area (Å²) in [6.45, 7) is 2.92. The lowest BCUT2D eigenvalue weighted by atomic mass is 10.1. The van der Waals surface area contributed by atoms with Crippen LogP contribution < -0.4 is 14.4 Å². The zero-order valence-electron chi connectivity index (χ0n) is 18.4. The van der Waals surface area contributed by atoms with Gasteiger partial charge in [0.15, 0.2) is 13.5 Å². The van der Waals surface area contributed by atoms with Crippen molar-refractivity contribution in [2.45, 2.75) is 35.7 Å². The number of fused-ring (bicyclic) bond motifs is 2. The van der Waals surface area contributed by atoms with E-state index in [9.17, 15) is 0 Å². The van der Waals surface area contributed by atoms with Gasteiger partial charge in [-0.2, -0.15) is 0 Å². The molecular formula is C28H26N2O2S. The smallest absolute Gasteiger partial charge is 0.161 e. The third kappa shape index (κ3) is 4.33. The molecule has 0 spiro atoms. The predicted molar refractivity (Wildman–Crippen MR) is 133 cm³/mol. The highest BCUT2D eigenvalue weighted by Gasteiger charge is 2.21. The van der Waals surface area contributed by atoms with Gasteiger partial charge in [-0.25, -0.2) is 0 Å². The van der Waals surface area contributed by atoms with Gasteiger partial charge in [0, 0.05) is 45.4 Å². The first-order valence-corrected chi connectivity index (χ1v) is 12.2. The van der Waals surface area contributed by atoms with Gasteiger partial charge in [-0.05, 0) is 67.4 Å². The maximum atomic E-state index is 6.04. The molecule has 0 saturated heterocycles. The topological polar surface area (TPSA) is 24.9 Å². The Hall–Kier alpha value is -3.31. The van der Waals surface area contributed by atoms with Crippen LogP contribution in [-0.4, -0.2) is 18.4 Å². The molecule has 0 N–H and O–H groups in total. The van der Waals surface area contributed by atoms with Crippen molar-refractivity contribution in [1.82, 2.24) is 4.90 Å². The lowest BCUT2D eigenvalue weighted by Gasteiger charge is -2.32. The number of ether oxygens (including phenoxy) is 2. The highest BCUT2D eigenvalue weighted by atomic mass is 32.2. The summed E-state index contributed by atoms with van der Waals surface area (Å²) >= 11 is 1.79. The maximum absolute atomic E-state index is 6.04. The van der Waals surface area contributed by atoms with Crippen molar-refractivity contribution >= 4 is 17.4 Å². The van der Waals surface area contributed by atoms with Crippen LogP contribution in [0.15, 0.2) is 100 Å². The number of allylic oxidation sites excluding steroid dienone is 3. The third-order valence-corrected chi connectivity index (χ3v) is 7.21. The number of benzene rings is 3. The van der Waals surface area contributed by atoms with Gasteiger partial charge >= 0.3 is 0 Å². The molecule has 0 saturated carbocycles. The van der Waals surface area contributed by atoms with Crippen molar-refractivity contribution in [2.75, 3.05) is 18.4 Å². The molecule has 0 radical (unpaired) electrons. The first kappa shape index (κ1) is 20.3. The van der Waals surface area contributed by atoms with E-state index in [1.54, 1.807) is 11.8 Å². The monoisotopic (exact) mass is 454 g/mol. The minimum absolute atomic E-state index is 0.580. The summed E-state index contributed by atoms with van der Waals surface area (Å²) in [5.74, 6) is 1.98. The molecule has 2 aliphatic heterocycles. The van der Waals surface area contributed by atoms with E-state index in [1.807, 2.05) is 6.07 Å². The van der Waals surface area contributed by atoms with Gasteiger partial charge in [0.1, 0.15) is 11.5 Å². The van der Waals surface area contributed by atoms with Crippen molar-refractivity contribution in [2.24, 2.45) is 0 Å². The fourth-order valence-corrected chi connectivity index (χ4v) is 5.45. The SMILES string of the molecule is C1=CC(N2COc3ccc(Sc4ccc5c(c4)CN(c4ccccc4)CO5)cc3C2)=CCC1. The quantitative estimate of drug-likeness (QED) is 0.443. The van der Waals surface area contributed by atoms with Crippen molar-refractivity contribution in [3.05, 3.63) is 102 Å². The molecule has 4 nitrogen and oxygen atoms in total. The van der Waals surface area contributed by atoms with Crippen LogP contribution in [0.25, 0.3) is 0 Å². The molecule has 0 amide bonds. The van der Waals surface area contributed by atoms with Crippen LogP contribution in [0.1, 0.15) is 24.0 Å². The maximum Gasteiger partial charge on any atom is 0.161 e. The van der Waals surface area contributed by atoms with Gasteiger partial charge in [-0.3, -0.25) is 0 Å². The summed E-state index contributed by atoms with van der Waals surface area (Å²) in [7, 11) is 0. The molecule has 3 aromatic rings. The summed E-state index contributed by atoms with van der Waals surface area (Å²) in [5, 5.41) is 0. The first-order valence-electron chi connectivity index (χ1n) is 11.4. The number of para-hydroxylation sites is 1. The lowest BCUT2D eigenvalue weighted by molar-refractivity contribution is 0.131. The number of rotatable bonds is 4. The highest BCUT2D eigenvalue weighted by molar-refractivity contribution is 7.99. The molecule has 2 heterocycles. The average molecular weight is 455 g/mol. The standard InChI is InChI=1S/C28H26N2O2S/c1-3-7-23(8-4-1)29-17-21-15-25(11-13-27(21)31-19-29)33-26-12-14-28-22(16-26)18-30(20-32-28)24-9-5-2-6-10-24/h1,3-5,7-16H,2,6,17-20H2. The second-order valence-electron chi connectivity index (χ2n) is 8.53. The molecule has 0 fully saturated rings. The molecule has 33 heavy (non-hydrogen) atoms. The zero-order valence-corrected chi connectivity index (χ0v) is 19.3. The van der Waals surface area contributed by atoms with Gasteiger partial charge < -0.3 is 19.3 Å². The Morgan fingerprint density at radius 3 is 2.03 bits per heavy atom. The Morgan fingerprint density at radius 1 is 0.697 bits per heavy atom. The van der Waals surface area contributed by atoms with E-state index in [0.717, 1.165) is 37.4 Å². The van der Waals surface area contributed by atoms with Crippen LogP contribution in [-0.2, 0) is 13.1 Å². The van der Waals surface area contributed by atoms with Crippen molar-refractivity contribution in [3.8, 4) is 11.5 Å². The van der Waals surface area contributed by atoms with Crippen LogP contribution in [0.2, 0.25) is 0 Å². The Balaban J connectivity index is 1.19. The number of nitrogens with zero attached hydrogens (tertiary/aromatic N) is 2. The van der Waals surface area contributed by atoms with Crippen LogP contribution >= 0.6 is 11.8 Å². The summed E-state index contributed by atoms with van der Waals surface area (Å²) in [6, 6.07) is 23.5. The molecule has 5 heteroatoms. The van der Waals surface area contributed by atoms with Gasteiger partial charge in [0.05, 0.1) is 0 Å². The van der Waals surface area contributed by atoms with Crippen molar-refractivity contribution < 1.29 is 9.47 Å². The fourth-order valence-electron chi connectivity index (χ4n) is 4.51. The van der Waals surface area contributed by atoms with Crippen molar-refractivity contribution in [1.29, 1.82) is 0 Å². The van der Waals surface area contributed by atoms with E-state index >= 15 is 0 Å². The summed E-state index contributed by atoms with van der Waals surface area (Å²) in [5.41, 5.74) is 4.91. The van der Waals surface area contributed by atoms with Gasteiger partial charge in [0.25, 0.3) is 0 Å². The van der Waals surface area contributed by atoms with Crippen LogP contribution in [0.5, 0.6) is 11.5 Å². The molecule has 0 unspecified atom stereocenters. The molecular weight excluding hydrogens is 428 g/mol. The van der Waals surface area contributed by atoms with Crippen LogP contribution in [0.4, 0.5) is 5.69 Å². The Kier molecular flexibility index (Phi) is 5.48. The third-order valence-electron chi connectivity index (χ3n) is 6.24. The fraction of sp³-hybridized carbons (Fsp3) is 0.214. The molecule has 1 aliphatic carbocycles. The van der Waals surface area contributed by atoms with E-state index in [0.29, 0.717) is 13.5 Å². The molecule has 0 bridgehead atoms. The van der Waals surface area contributed by atoms with E-state index in [-0.39, 0.29) is 0 Å². The van der Waals surface area contributed by atoms with E-state index in [2.05, 4.69) is 88.7 Å². The van der Waals surface area contributed by atoms with E-state index < -0.39 is 0 Å². The second-order valence-corrected chi connectivity index (χ2v) is 9.68. The largest absolute Gasteiger partial charge is 0.473 e. The number of anilines is 1. The summed E-state index contributed by atoms with van der Waals surface area (Å²) in [6.07, 6.45) is 9.00. The Bertz CT molecular complexity index is 1220. The molecule has 3 aliphatic rings. The number of hydrogen-bond acceptors (Lipinski definition) is 5. The minimum atomic E-state index is 0.580. The van der Waals surface area contributed by atoms with E-state index in [4.69, 9.17) is 9.47 Å². The summed E-state index contributed by atoms with van der Waals surface area (Å²) in [4.78, 5) is 7.01. The van der Waals surface area contributed by atoms with Gasteiger partial charge in [-0.15, -0.1) is 0 Å². The lowest BCUT2D eigenvalue weighted by Crippen LogP contribution is -2.31. The number of hydrogen-bond donors (Lipinski definition) is 0. The average Bonchev–Trinajstić information content (AvgIpc) is 2.89. The van der Waals surface area contributed by atoms with Crippen LogP contribution in [0, 0.1) is 0 Å². The first-order chi connectivity index (χ1) is 16.3. The Labute approximate surface area is 199 Å². The molecule has 166 valence electrons.